The maximum Gasteiger partial charge on any atom is 0.519 e. The third-order valence-corrected chi connectivity index (χ3v) is 7.70. The first-order valence-electron chi connectivity index (χ1n) is 13.0. The minimum absolute atomic E-state index is 0.239. The van der Waals surface area contributed by atoms with E-state index in [9.17, 15) is 31.1 Å². The maximum absolute atomic E-state index is 14.4. The van der Waals surface area contributed by atoms with Crippen LogP contribution in [-0.4, -0.2) is 6.16 Å². The van der Waals surface area contributed by atoms with Crippen LogP contribution in [0.3, 0.4) is 0 Å². The molecule has 0 heterocycles. The molecule has 42 heavy (non-hydrogen) atoms. The van der Waals surface area contributed by atoms with Gasteiger partial charge >= 0.3 is 18.5 Å². The number of benzene rings is 4. The summed E-state index contributed by atoms with van der Waals surface area (Å²) in [5, 5.41) is 0. The van der Waals surface area contributed by atoms with E-state index < -0.39 is 41.1 Å². The van der Waals surface area contributed by atoms with Gasteiger partial charge in [0.1, 0.15) is 22.6 Å². The number of alkyl halides is 6. The lowest BCUT2D eigenvalue weighted by Crippen LogP contribution is -2.20. The number of halogens is 6. The molecular weight excluding hydrogens is 558 g/mol. The van der Waals surface area contributed by atoms with E-state index >= 15 is 0 Å². The fourth-order valence-corrected chi connectivity index (χ4v) is 4.96. The molecule has 0 spiro atoms. The van der Waals surface area contributed by atoms with Gasteiger partial charge in [-0.2, -0.15) is 26.3 Å². The van der Waals surface area contributed by atoms with Crippen molar-refractivity contribution in [1.82, 2.24) is 0 Å². The Balaban J connectivity index is 1.78. The summed E-state index contributed by atoms with van der Waals surface area (Å²) in [6.45, 7) is 10.6. The Hall–Kier alpha value is -4.27. The average Bonchev–Trinajstić information content (AvgIpc) is 2.89. The summed E-state index contributed by atoms with van der Waals surface area (Å²) in [7, 11) is 0. The van der Waals surface area contributed by atoms with E-state index in [-0.39, 0.29) is 22.3 Å². The number of hydrogen-bond acceptors (Lipinski definition) is 3. The predicted molar refractivity (Wildman–Crippen MR) is 149 cm³/mol. The van der Waals surface area contributed by atoms with Crippen molar-refractivity contribution >= 4 is 6.16 Å². The van der Waals surface area contributed by atoms with Gasteiger partial charge < -0.3 is 9.47 Å². The monoisotopic (exact) mass is 586 g/mol. The molecule has 4 aromatic rings. The summed E-state index contributed by atoms with van der Waals surface area (Å²) in [6, 6.07) is 13.3. The van der Waals surface area contributed by atoms with E-state index in [4.69, 9.17) is 9.47 Å². The molecule has 0 fully saturated rings. The Kier molecular flexibility index (Phi) is 8.18. The quantitative estimate of drug-likeness (QED) is 0.136. The Bertz CT molecular complexity index is 1560. The van der Waals surface area contributed by atoms with Crippen molar-refractivity contribution in [3.05, 3.63) is 105 Å². The smallest absolute Gasteiger partial charge is 0.394 e. The number of rotatable bonds is 4. The zero-order valence-electron chi connectivity index (χ0n) is 23.8. The second-order valence-corrected chi connectivity index (χ2v) is 10.2. The number of hydrogen-bond donors (Lipinski definition) is 0. The molecule has 0 radical (unpaired) electrons. The Morgan fingerprint density at radius 3 is 1.19 bits per heavy atom. The molecule has 0 aromatic heterocycles. The molecule has 0 saturated carbocycles. The van der Waals surface area contributed by atoms with Crippen molar-refractivity contribution in [2.75, 3.05) is 0 Å². The number of aryl methyl sites for hydroxylation is 2. The number of ether oxygens (including phenoxy) is 2. The number of carbonyl (C=O) groups excluding carboxylic acids is 1. The standard InChI is InChI=1S/C33H28F6O3/c1-17-13-15-23(21(5)19(17)3)25-9-7-11-27(29(25)32(34,35)36)41-31(40)42-28-12-8-10-26(30(28)33(37,38)39)24-16-14-18(2)20(4)22(24)6/h7-16H,1-6H3. The number of carbonyl (C=O) groups is 1. The van der Waals surface area contributed by atoms with Gasteiger partial charge in [0, 0.05) is 0 Å². The molecule has 4 rings (SSSR count). The molecule has 0 bridgehead atoms. The van der Waals surface area contributed by atoms with Crippen molar-refractivity contribution < 1.29 is 40.6 Å². The average molecular weight is 587 g/mol. The minimum atomic E-state index is -4.96. The fraction of sp³-hybridized carbons (Fsp3) is 0.242. The summed E-state index contributed by atoms with van der Waals surface area (Å²) in [5.41, 5.74) is 2.16. The lowest BCUT2D eigenvalue weighted by Gasteiger charge is -2.21. The van der Waals surface area contributed by atoms with Gasteiger partial charge in [0.2, 0.25) is 0 Å². The van der Waals surface area contributed by atoms with E-state index in [1.54, 1.807) is 52.0 Å². The molecule has 220 valence electrons. The van der Waals surface area contributed by atoms with Crippen LogP contribution in [0.25, 0.3) is 22.3 Å². The Morgan fingerprint density at radius 1 is 0.500 bits per heavy atom. The minimum Gasteiger partial charge on any atom is -0.394 e. The summed E-state index contributed by atoms with van der Waals surface area (Å²) >= 11 is 0. The van der Waals surface area contributed by atoms with Crippen molar-refractivity contribution in [3.8, 4) is 33.8 Å². The second kappa shape index (κ2) is 11.2. The van der Waals surface area contributed by atoms with E-state index in [1.807, 2.05) is 13.8 Å². The highest BCUT2D eigenvalue weighted by Crippen LogP contribution is 2.46. The van der Waals surface area contributed by atoms with Gasteiger partial charge in [-0.15, -0.1) is 0 Å². The van der Waals surface area contributed by atoms with Crippen molar-refractivity contribution in [1.29, 1.82) is 0 Å². The van der Waals surface area contributed by atoms with E-state index in [0.717, 1.165) is 34.4 Å². The first-order valence-corrected chi connectivity index (χ1v) is 13.0. The molecule has 9 heteroatoms. The molecule has 0 unspecified atom stereocenters. The van der Waals surface area contributed by atoms with Gasteiger partial charge in [-0.25, -0.2) is 4.79 Å². The van der Waals surface area contributed by atoms with Crippen LogP contribution in [0.1, 0.15) is 44.5 Å². The van der Waals surface area contributed by atoms with Crippen LogP contribution >= 0.6 is 0 Å². The molecule has 0 atom stereocenters. The first-order chi connectivity index (χ1) is 19.5. The SMILES string of the molecule is Cc1ccc(-c2cccc(OC(=O)Oc3cccc(-c4ccc(C)c(C)c4C)c3C(F)(F)F)c2C(F)(F)F)c(C)c1C. The van der Waals surface area contributed by atoms with Crippen LogP contribution in [0.4, 0.5) is 31.1 Å². The lowest BCUT2D eigenvalue weighted by atomic mass is 9.91. The van der Waals surface area contributed by atoms with Gasteiger partial charge in [-0.3, -0.25) is 0 Å². The van der Waals surface area contributed by atoms with E-state index in [1.165, 1.54) is 24.3 Å². The third kappa shape index (κ3) is 5.86. The van der Waals surface area contributed by atoms with E-state index in [0.29, 0.717) is 11.1 Å². The van der Waals surface area contributed by atoms with Crippen LogP contribution in [0.2, 0.25) is 0 Å². The van der Waals surface area contributed by atoms with Gasteiger partial charge in [-0.05, 0) is 109 Å². The van der Waals surface area contributed by atoms with Crippen LogP contribution in [0.5, 0.6) is 11.5 Å². The lowest BCUT2D eigenvalue weighted by molar-refractivity contribution is -0.138. The molecule has 4 aromatic carbocycles. The maximum atomic E-state index is 14.4. The molecule has 0 saturated heterocycles. The molecule has 3 nitrogen and oxygen atoms in total. The van der Waals surface area contributed by atoms with Gasteiger partial charge in [0.05, 0.1) is 0 Å². The first kappa shape index (κ1) is 30.7. The van der Waals surface area contributed by atoms with Crippen molar-refractivity contribution in [2.45, 2.75) is 53.9 Å². The molecule has 0 N–H and O–H groups in total. The molecule has 0 aliphatic heterocycles. The second-order valence-electron chi connectivity index (χ2n) is 10.2. The summed E-state index contributed by atoms with van der Waals surface area (Å²) < 4.78 is 96.1. The Morgan fingerprint density at radius 2 is 0.857 bits per heavy atom. The van der Waals surface area contributed by atoms with E-state index in [2.05, 4.69) is 0 Å². The van der Waals surface area contributed by atoms with Gasteiger partial charge in [0.25, 0.3) is 0 Å². The zero-order chi connectivity index (χ0) is 31.1. The van der Waals surface area contributed by atoms with Crippen LogP contribution in [0, 0.1) is 41.5 Å². The zero-order valence-corrected chi connectivity index (χ0v) is 23.8. The van der Waals surface area contributed by atoms with Crippen LogP contribution in [-0.2, 0) is 12.4 Å². The Labute approximate surface area is 239 Å². The molecule has 0 aliphatic rings. The van der Waals surface area contributed by atoms with Gasteiger partial charge in [0.15, 0.2) is 0 Å². The summed E-state index contributed by atoms with van der Waals surface area (Å²) in [4.78, 5) is 12.8. The highest BCUT2D eigenvalue weighted by atomic mass is 19.4. The topological polar surface area (TPSA) is 35.5 Å². The molecule has 0 aliphatic carbocycles. The van der Waals surface area contributed by atoms with Gasteiger partial charge in [-0.1, -0.05) is 48.5 Å². The normalized spacial score (nSPS) is 11.9. The molecule has 0 amide bonds. The third-order valence-electron chi connectivity index (χ3n) is 7.70. The molecular formula is C33H28F6O3. The fourth-order valence-electron chi connectivity index (χ4n) is 4.96. The summed E-state index contributed by atoms with van der Waals surface area (Å²) in [6.07, 6.45) is -11.7. The van der Waals surface area contributed by atoms with Crippen LogP contribution in [0.15, 0.2) is 60.7 Å². The van der Waals surface area contributed by atoms with Crippen molar-refractivity contribution in [3.63, 3.8) is 0 Å². The predicted octanol–water partition coefficient (Wildman–Crippen LogP) is 10.5. The highest BCUT2D eigenvalue weighted by Gasteiger charge is 2.40. The largest absolute Gasteiger partial charge is 0.519 e. The summed E-state index contributed by atoms with van der Waals surface area (Å²) in [5.74, 6) is -1.78. The van der Waals surface area contributed by atoms with Crippen molar-refractivity contribution in [2.24, 2.45) is 0 Å². The highest BCUT2D eigenvalue weighted by molar-refractivity contribution is 5.79. The van der Waals surface area contributed by atoms with Crippen LogP contribution < -0.4 is 9.47 Å².